The lowest BCUT2D eigenvalue weighted by Crippen LogP contribution is -2.23. The highest BCUT2D eigenvalue weighted by atomic mass is 16.5. The van der Waals surface area contributed by atoms with E-state index >= 15 is 0 Å². The number of aromatic nitrogens is 1. The zero-order chi connectivity index (χ0) is 14.1. The van der Waals surface area contributed by atoms with Crippen LogP contribution in [0.25, 0.3) is 0 Å². The highest BCUT2D eigenvalue weighted by molar-refractivity contribution is 5.66. The number of ether oxygens (including phenoxy) is 1. The van der Waals surface area contributed by atoms with E-state index in [4.69, 9.17) is 20.1 Å². The summed E-state index contributed by atoms with van der Waals surface area (Å²) in [6, 6.07) is 3.19. The van der Waals surface area contributed by atoms with Crippen molar-refractivity contribution in [3.8, 4) is 5.75 Å². The van der Waals surface area contributed by atoms with Crippen LogP contribution in [0, 0.1) is 0 Å². The molecular formula is C12H18N2O5. The molecule has 0 aliphatic rings. The van der Waals surface area contributed by atoms with Crippen LogP contribution in [0.1, 0.15) is 17.8 Å². The molecule has 1 heterocycles. The molecule has 4 N–H and O–H groups in total. The summed E-state index contributed by atoms with van der Waals surface area (Å²) in [5.41, 5.74) is 0.862. The van der Waals surface area contributed by atoms with Crippen molar-refractivity contribution in [1.29, 1.82) is 0 Å². The van der Waals surface area contributed by atoms with Gasteiger partial charge in [0.15, 0.2) is 0 Å². The van der Waals surface area contributed by atoms with Crippen LogP contribution in [-0.4, -0.2) is 46.0 Å². The third-order valence-corrected chi connectivity index (χ3v) is 2.29. The number of rotatable bonds is 9. The van der Waals surface area contributed by atoms with Crippen LogP contribution in [-0.2, 0) is 18.0 Å². The standard InChI is InChI=1S/C12H18N2O5/c15-7-9-5-11(6-10(8-16)14-9)19-4-3-13-2-1-12(17)18/h5-6,13,15-16H,1-4,7-8H2,(H,17,18). The second-order valence-electron chi connectivity index (χ2n) is 3.84. The Morgan fingerprint density at radius 1 is 1.21 bits per heavy atom. The van der Waals surface area contributed by atoms with Crippen LogP contribution in [0.15, 0.2) is 12.1 Å². The number of aliphatic hydroxyl groups excluding tert-OH is 2. The highest BCUT2D eigenvalue weighted by Gasteiger charge is 2.03. The number of hydrogen-bond donors (Lipinski definition) is 4. The maximum Gasteiger partial charge on any atom is 0.304 e. The summed E-state index contributed by atoms with van der Waals surface area (Å²) >= 11 is 0. The molecule has 0 aromatic carbocycles. The van der Waals surface area contributed by atoms with Gasteiger partial charge in [-0.05, 0) is 0 Å². The molecule has 0 amide bonds. The lowest BCUT2D eigenvalue weighted by molar-refractivity contribution is -0.136. The Bertz CT molecular complexity index is 389. The van der Waals surface area contributed by atoms with Gasteiger partial charge in [-0.1, -0.05) is 0 Å². The van der Waals surface area contributed by atoms with Gasteiger partial charge in [-0.15, -0.1) is 0 Å². The molecule has 1 aromatic heterocycles. The maximum atomic E-state index is 10.3. The number of pyridine rings is 1. The van der Waals surface area contributed by atoms with Crippen molar-refractivity contribution in [2.75, 3.05) is 19.7 Å². The molecule has 0 saturated carbocycles. The van der Waals surface area contributed by atoms with Gasteiger partial charge in [-0.25, -0.2) is 0 Å². The van der Waals surface area contributed by atoms with Crippen molar-refractivity contribution in [3.63, 3.8) is 0 Å². The molecule has 0 aliphatic carbocycles. The van der Waals surface area contributed by atoms with E-state index in [1.165, 1.54) is 0 Å². The van der Waals surface area contributed by atoms with Crippen molar-refractivity contribution in [2.24, 2.45) is 0 Å². The molecule has 0 fully saturated rings. The molecule has 19 heavy (non-hydrogen) atoms. The molecule has 1 rings (SSSR count). The molecule has 7 heteroatoms. The molecule has 0 radical (unpaired) electrons. The Balaban J connectivity index is 2.34. The fraction of sp³-hybridized carbons (Fsp3) is 0.500. The van der Waals surface area contributed by atoms with Gasteiger partial charge in [-0.2, -0.15) is 0 Å². The first-order valence-corrected chi connectivity index (χ1v) is 5.92. The molecule has 1 aromatic rings. The minimum absolute atomic E-state index is 0.0680. The van der Waals surface area contributed by atoms with E-state index in [0.717, 1.165) is 0 Å². The number of nitrogens with one attached hydrogen (secondary N) is 1. The molecule has 0 spiro atoms. The summed E-state index contributed by atoms with van der Waals surface area (Å²) in [7, 11) is 0. The maximum absolute atomic E-state index is 10.3. The number of aliphatic hydroxyl groups is 2. The summed E-state index contributed by atoms with van der Waals surface area (Å²) in [4.78, 5) is 14.3. The van der Waals surface area contributed by atoms with E-state index in [2.05, 4.69) is 10.3 Å². The summed E-state index contributed by atoms with van der Waals surface area (Å²) < 4.78 is 5.43. The molecule has 7 nitrogen and oxygen atoms in total. The van der Waals surface area contributed by atoms with Crippen LogP contribution in [0.5, 0.6) is 5.75 Å². The molecule has 0 saturated heterocycles. The van der Waals surface area contributed by atoms with Crippen molar-refractivity contribution in [3.05, 3.63) is 23.5 Å². The number of carboxylic acid groups (broad SMARTS) is 1. The molecule has 0 unspecified atom stereocenters. The SMILES string of the molecule is O=C(O)CCNCCOc1cc(CO)nc(CO)c1. The van der Waals surface area contributed by atoms with Gasteiger partial charge >= 0.3 is 5.97 Å². The Morgan fingerprint density at radius 2 is 1.84 bits per heavy atom. The minimum atomic E-state index is -0.845. The summed E-state index contributed by atoms with van der Waals surface area (Å²) in [6.45, 7) is 0.818. The van der Waals surface area contributed by atoms with Gasteiger partial charge in [0.05, 0.1) is 31.0 Å². The zero-order valence-electron chi connectivity index (χ0n) is 10.5. The van der Waals surface area contributed by atoms with Crippen molar-refractivity contribution >= 4 is 5.97 Å². The van der Waals surface area contributed by atoms with Gasteiger partial charge in [0, 0.05) is 25.2 Å². The fourth-order valence-electron chi connectivity index (χ4n) is 1.43. The average molecular weight is 270 g/mol. The molecule has 0 aliphatic heterocycles. The number of aliphatic carboxylic acids is 1. The van der Waals surface area contributed by atoms with Crippen LogP contribution in [0.4, 0.5) is 0 Å². The lowest BCUT2D eigenvalue weighted by atomic mass is 10.3. The quantitative estimate of drug-likeness (QED) is 0.448. The van der Waals surface area contributed by atoms with E-state index in [0.29, 0.717) is 36.8 Å². The Kier molecular flexibility index (Phi) is 6.80. The smallest absolute Gasteiger partial charge is 0.304 e. The normalized spacial score (nSPS) is 10.4. The van der Waals surface area contributed by atoms with Gasteiger partial charge in [-0.3, -0.25) is 9.78 Å². The fourth-order valence-corrected chi connectivity index (χ4v) is 1.43. The van der Waals surface area contributed by atoms with Crippen LogP contribution < -0.4 is 10.1 Å². The number of nitrogens with zero attached hydrogens (tertiary/aromatic N) is 1. The third kappa shape index (κ3) is 6.14. The predicted octanol–water partition coefficient (Wildman–Crippen LogP) is -0.491. The Labute approximate surface area is 110 Å². The first-order valence-electron chi connectivity index (χ1n) is 5.92. The second-order valence-corrected chi connectivity index (χ2v) is 3.84. The first-order chi connectivity index (χ1) is 9.15. The van der Waals surface area contributed by atoms with Crippen LogP contribution >= 0.6 is 0 Å². The largest absolute Gasteiger partial charge is 0.492 e. The van der Waals surface area contributed by atoms with Crippen molar-refractivity contribution in [1.82, 2.24) is 10.3 Å². The highest BCUT2D eigenvalue weighted by Crippen LogP contribution is 2.14. The van der Waals surface area contributed by atoms with Crippen molar-refractivity contribution < 1.29 is 24.9 Å². The number of hydrogen-bond acceptors (Lipinski definition) is 6. The first kappa shape index (κ1) is 15.4. The van der Waals surface area contributed by atoms with E-state index in [1.54, 1.807) is 12.1 Å². The monoisotopic (exact) mass is 270 g/mol. The number of carboxylic acids is 1. The van der Waals surface area contributed by atoms with E-state index in [9.17, 15) is 4.79 Å². The third-order valence-electron chi connectivity index (χ3n) is 2.29. The molecule has 106 valence electrons. The molecule has 0 atom stereocenters. The van der Waals surface area contributed by atoms with Gasteiger partial charge in [0.25, 0.3) is 0 Å². The Morgan fingerprint density at radius 3 is 2.37 bits per heavy atom. The lowest BCUT2D eigenvalue weighted by Gasteiger charge is -2.09. The Hall–Kier alpha value is -1.70. The van der Waals surface area contributed by atoms with Crippen LogP contribution in [0.2, 0.25) is 0 Å². The van der Waals surface area contributed by atoms with Crippen molar-refractivity contribution in [2.45, 2.75) is 19.6 Å². The summed E-state index contributed by atoms with van der Waals surface area (Å²) in [6.07, 6.45) is 0.0680. The summed E-state index contributed by atoms with van der Waals surface area (Å²) in [5, 5.41) is 29.4. The van der Waals surface area contributed by atoms with E-state index in [-0.39, 0.29) is 19.6 Å². The van der Waals surface area contributed by atoms with Gasteiger partial charge in [0.2, 0.25) is 0 Å². The second kappa shape index (κ2) is 8.41. The molecular weight excluding hydrogens is 252 g/mol. The van der Waals surface area contributed by atoms with Gasteiger partial charge < -0.3 is 25.4 Å². The summed E-state index contributed by atoms with van der Waals surface area (Å²) in [5.74, 6) is -0.328. The number of carbonyl (C=O) groups is 1. The average Bonchev–Trinajstić information content (AvgIpc) is 2.41. The van der Waals surface area contributed by atoms with Gasteiger partial charge in [0.1, 0.15) is 12.4 Å². The molecule has 0 bridgehead atoms. The van der Waals surface area contributed by atoms with E-state index in [1.807, 2.05) is 0 Å². The predicted molar refractivity (Wildman–Crippen MR) is 66.7 cm³/mol. The van der Waals surface area contributed by atoms with E-state index < -0.39 is 5.97 Å². The topological polar surface area (TPSA) is 112 Å². The zero-order valence-corrected chi connectivity index (χ0v) is 10.5. The van der Waals surface area contributed by atoms with Crippen LogP contribution in [0.3, 0.4) is 0 Å². The minimum Gasteiger partial charge on any atom is -0.492 e.